The van der Waals surface area contributed by atoms with Crippen LogP contribution in [-0.2, 0) is 11.3 Å². The molecule has 0 bridgehead atoms. The number of fused-ring (bicyclic) bond motifs is 1. The molecule has 0 aromatic heterocycles. The van der Waals surface area contributed by atoms with E-state index in [9.17, 15) is 9.59 Å². The van der Waals surface area contributed by atoms with E-state index in [1.807, 2.05) is 37.3 Å². The van der Waals surface area contributed by atoms with Crippen LogP contribution in [0.4, 0.5) is 0 Å². The van der Waals surface area contributed by atoms with Gasteiger partial charge in [0.05, 0.1) is 6.54 Å². The Hall–Kier alpha value is -3.02. The van der Waals surface area contributed by atoms with Gasteiger partial charge in [0.15, 0.2) is 11.5 Å². The van der Waals surface area contributed by atoms with E-state index in [0.29, 0.717) is 23.6 Å². The minimum atomic E-state index is -0.247. The van der Waals surface area contributed by atoms with Gasteiger partial charge in [0.2, 0.25) is 12.7 Å². The maximum Gasteiger partial charge on any atom is 0.251 e. The Bertz CT molecular complexity index is 804. The summed E-state index contributed by atoms with van der Waals surface area (Å²) in [4.78, 5) is 26.0. The third kappa shape index (κ3) is 3.91. The molecule has 0 unspecified atom stereocenters. The summed E-state index contributed by atoms with van der Waals surface area (Å²) in [6.45, 7) is 2.46. The Morgan fingerprint density at radius 3 is 2.68 bits per heavy atom. The molecule has 1 N–H and O–H groups in total. The summed E-state index contributed by atoms with van der Waals surface area (Å²) in [5, 5.41) is 2.67. The lowest BCUT2D eigenvalue weighted by Gasteiger charge is -2.18. The van der Waals surface area contributed by atoms with Crippen LogP contribution in [0.3, 0.4) is 0 Å². The summed E-state index contributed by atoms with van der Waals surface area (Å²) >= 11 is 0. The van der Waals surface area contributed by atoms with Gasteiger partial charge in [-0.2, -0.15) is 0 Å². The first-order valence-corrected chi connectivity index (χ1v) is 8.01. The second-order valence-corrected chi connectivity index (χ2v) is 5.94. The van der Waals surface area contributed by atoms with Crippen molar-refractivity contribution in [2.45, 2.75) is 13.5 Å². The molecule has 0 fully saturated rings. The molecule has 0 spiro atoms. The number of benzene rings is 2. The molecule has 0 aliphatic carbocycles. The number of aryl methyl sites for hydroxylation is 1. The van der Waals surface area contributed by atoms with Crippen molar-refractivity contribution in [2.24, 2.45) is 0 Å². The van der Waals surface area contributed by atoms with Gasteiger partial charge in [-0.25, -0.2) is 0 Å². The maximum atomic E-state index is 12.3. The Morgan fingerprint density at radius 1 is 1.12 bits per heavy atom. The van der Waals surface area contributed by atoms with Gasteiger partial charge in [-0.15, -0.1) is 0 Å². The summed E-state index contributed by atoms with van der Waals surface area (Å²) in [6.07, 6.45) is 0. The SMILES string of the molecule is Cc1ccccc1C(=O)NCC(=O)N(C)Cc1ccc2c(c1)OCO2. The number of ether oxygens (including phenoxy) is 2. The molecular formula is C19H20N2O4. The highest BCUT2D eigenvalue weighted by molar-refractivity contribution is 5.97. The van der Waals surface area contributed by atoms with Gasteiger partial charge in [0.25, 0.3) is 5.91 Å². The van der Waals surface area contributed by atoms with E-state index in [-0.39, 0.29) is 25.2 Å². The zero-order chi connectivity index (χ0) is 17.8. The number of carbonyl (C=O) groups is 2. The average Bonchev–Trinajstić information content (AvgIpc) is 3.07. The molecule has 1 aliphatic heterocycles. The van der Waals surface area contributed by atoms with Crippen molar-refractivity contribution < 1.29 is 19.1 Å². The third-order valence-electron chi connectivity index (χ3n) is 4.07. The van der Waals surface area contributed by atoms with Gasteiger partial charge in [-0.3, -0.25) is 9.59 Å². The van der Waals surface area contributed by atoms with Crippen LogP contribution in [0, 0.1) is 6.92 Å². The van der Waals surface area contributed by atoms with Crippen molar-refractivity contribution in [1.29, 1.82) is 0 Å². The number of likely N-dealkylation sites (N-methyl/N-ethyl adjacent to an activating group) is 1. The number of hydrogen-bond donors (Lipinski definition) is 1. The van der Waals surface area contributed by atoms with Crippen LogP contribution in [0.5, 0.6) is 11.5 Å². The van der Waals surface area contributed by atoms with Crippen molar-refractivity contribution in [1.82, 2.24) is 10.2 Å². The molecule has 130 valence electrons. The predicted molar refractivity (Wildman–Crippen MR) is 92.6 cm³/mol. The molecule has 2 aromatic carbocycles. The first-order chi connectivity index (χ1) is 12.0. The first kappa shape index (κ1) is 16.8. The largest absolute Gasteiger partial charge is 0.454 e. The van der Waals surface area contributed by atoms with E-state index in [1.165, 1.54) is 0 Å². The van der Waals surface area contributed by atoms with Crippen LogP contribution < -0.4 is 14.8 Å². The molecule has 25 heavy (non-hydrogen) atoms. The Labute approximate surface area is 146 Å². The van der Waals surface area contributed by atoms with E-state index < -0.39 is 0 Å². The van der Waals surface area contributed by atoms with Crippen molar-refractivity contribution >= 4 is 11.8 Å². The molecule has 6 nitrogen and oxygen atoms in total. The normalized spacial score (nSPS) is 11.9. The Morgan fingerprint density at radius 2 is 1.88 bits per heavy atom. The van der Waals surface area contributed by atoms with Crippen LogP contribution >= 0.6 is 0 Å². The van der Waals surface area contributed by atoms with Crippen molar-refractivity contribution in [3.63, 3.8) is 0 Å². The molecule has 0 saturated heterocycles. The van der Waals surface area contributed by atoms with Gasteiger partial charge in [-0.05, 0) is 36.2 Å². The van der Waals surface area contributed by atoms with E-state index in [2.05, 4.69) is 5.32 Å². The summed E-state index contributed by atoms with van der Waals surface area (Å²) in [5.41, 5.74) is 2.39. The fraction of sp³-hybridized carbons (Fsp3) is 0.263. The number of rotatable bonds is 5. The van der Waals surface area contributed by atoms with E-state index in [0.717, 1.165) is 11.1 Å². The molecule has 3 rings (SSSR count). The molecule has 2 aromatic rings. The van der Waals surface area contributed by atoms with Crippen molar-refractivity contribution in [3.8, 4) is 11.5 Å². The van der Waals surface area contributed by atoms with Crippen LogP contribution in [0.15, 0.2) is 42.5 Å². The quantitative estimate of drug-likeness (QED) is 0.905. The minimum Gasteiger partial charge on any atom is -0.454 e. The molecule has 0 saturated carbocycles. The Kier molecular flexibility index (Phi) is 4.88. The van der Waals surface area contributed by atoms with Crippen LogP contribution in [0.2, 0.25) is 0 Å². The van der Waals surface area contributed by atoms with Crippen LogP contribution in [0.25, 0.3) is 0 Å². The van der Waals surface area contributed by atoms with Crippen LogP contribution in [-0.4, -0.2) is 37.1 Å². The fourth-order valence-corrected chi connectivity index (χ4v) is 2.62. The average molecular weight is 340 g/mol. The smallest absolute Gasteiger partial charge is 0.251 e. The third-order valence-corrected chi connectivity index (χ3v) is 4.07. The highest BCUT2D eigenvalue weighted by Crippen LogP contribution is 2.32. The second kappa shape index (κ2) is 7.25. The summed E-state index contributed by atoms with van der Waals surface area (Å²) in [7, 11) is 1.70. The van der Waals surface area contributed by atoms with E-state index >= 15 is 0 Å². The topological polar surface area (TPSA) is 67.9 Å². The molecule has 1 heterocycles. The number of amides is 2. The lowest BCUT2D eigenvalue weighted by molar-refractivity contribution is -0.129. The molecular weight excluding hydrogens is 320 g/mol. The molecule has 1 aliphatic rings. The lowest BCUT2D eigenvalue weighted by atomic mass is 10.1. The standard InChI is InChI=1S/C19H20N2O4/c1-13-5-3-4-6-15(13)19(23)20-10-18(22)21(2)11-14-7-8-16-17(9-14)25-12-24-16/h3-9H,10-12H2,1-2H3,(H,20,23). The zero-order valence-corrected chi connectivity index (χ0v) is 14.2. The first-order valence-electron chi connectivity index (χ1n) is 8.01. The van der Waals surface area contributed by atoms with Gasteiger partial charge >= 0.3 is 0 Å². The summed E-state index contributed by atoms with van der Waals surface area (Å²) < 4.78 is 10.6. The zero-order valence-electron chi connectivity index (χ0n) is 14.2. The lowest BCUT2D eigenvalue weighted by Crippen LogP contribution is -2.38. The van der Waals surface area contributed by atoms with Gasteiger partial charge < -0.3 is 19.7 Å². The monoisotopic (exact) mass is 340 g/mol. The van der Waals surface area contributed by atoms with E-state index in [1.54, 1.807) is 24.1 Å². The highest BCUT2D eigenvalue weighted by Gasteiger charge is 2.16. The van der Waals surface area contributed by atoms with Gasteiger partial charge in [0, 0.05) is 19.2 Å². The molecule has 0 atom stereocenters. The highest BCUT2D eigenvalue weighted by atomic mass is 16.7. The van der Waals surface area contributed by atoms with Crippen LogP contribution in [0.1, 0.15) is 21.5 Å². The Balaban J connectivity index is 1.54. The number of carbonyl (C=O) groups excluding carboxylic acids is 2. The second-order valence-electron chi connectivity index (χ2n) is 5.94. The fourth-order valence-electron chi connectivity index (χ4n) is 2.62. The predicted octanol–water partition coefficient (Wildman–Crippen LogP) is 2.11. The van der Waals surface area contributed by atoms with Gasteiger partial charge in [-0.1, -0.05) is 24.3 Å². The summed E-state index contributed by atoms with van der Waals surface area (Å²) in [6, 6.07) is 12.9. The summed E-state index contributed by atoms with van der Waals surface area (Å²) in [5.74, 6) is 0.983. The maximum absolute atomic E-state index is 12.3. The van der Waals surface area contributed by atoms with E-state index in [4.69, 9.17) is 9.47 Å². The molecule has 2 amide bonds. The number of nitrogens with zero attached hydrogens (tertiary/aromatic N) is 1. The van der Waals surface area contributed by atoms with Crippen molar-refractivity contribution in [2.75, 3.05) is 20.4 Å². The minimum absolute atomic E-state index is 0.0474. The molecule has 6 heteroatoms. The van der Waals surface area contributed by atoms with Crippen molar-refractivity contribution in [3.05, 3.63) is 59.2 Å². The number of nitrogens with one attached hydrogen (secondary N) is 1. The number of hydrogen-bond acceptors (Lipinski definition) is 4. The molecule has 0 radical (unpaired) electrons. The van der Waals surface area contributed by atoms with Gasteiger partial charge in [0.1, 0.15) is 0 Å².